The summed E-state index contributed by atoms with van der Waals surface area (Å²) >= 11 is 0. The summed E-state index contributed by atoms with van der Waals surface area (Å²) in [4.78, 5) is 11.4. The van der Waals surface area contributed by atoms with Crippen LogP contribution in [0.4, 0.5) is 5.82 Å². The van der Waals surface area contributed by atoms with Crippen molar-refractivity contribution in [3.8, 4) is 17.1 Å². The van der Waals surface area contributed by atoms with Crippen LogP contribution in [-0.2, 0) is 13.0 Å². The minimum absolute atomic E-state index is 0.144. The molecule has 132 valence electrons. The van der Waals surface area contributed by atoms with Crippen molar-refractivity contribution in [1.82, 2.24) is 14.9 Å². The number of hydrogen-bond donors (Lipinski definition) is 1. The first kappa shape index (κ1) is 16.3. The quantitative estimate of drug-likeness (QED) is 0.927. The molecule has 2 aromatic rings. The summed E-state index contributed by atoms with van der Waals surface area (Å²) in [6.45, 7) is 6.37. The molecule has 1 saturated carbocycles. The maximum Gasteiger partial charge on any atom is 0.258 e. The van der Waals surface area contributed by atoms with E-state index in [1.165, 1.54) is 29.5 Å². The molecule has 1 aliphatic carbocycles. The third-order valence-corrected chi connectivity index (χ3v) is 5.40. The zero-order chi connectivity index (χ0) is 17.6. The zero-order valence-corrected chi connectivity index (χ0v) is 15.2. The van der Waals surface area contributed by atoms with Gasteiger partial charge in [0.2, 0.25) is 0 Å². The summed E-state index contributed by atoms with van der Waals surface area (Å²) in [5, 5.41) is 0. The van der Waals surface area contributed by atoms with E-state index < -0.39 is 0 Å². The number of nitrogens with zero attached hydrogens (tertiary/aromatic N) is 3. The van der Waals surface area contributed by atoms with Crippen LogP contribution in [0.25, 0.3) is 11.3 Å². The van der Waals surface area contributed by atoms with Crippen LogP contribution in [0.5, 0.6) is 5.88 Å². The molecule has 25 heavy (non-hydrogen) atoms. The number of nitrogen functional groups attached to an aromatic ring is 1. The highest BCUT2D eigenvalue weighted by atomic mass is 16.5. The number of aryl methyl sites for hydroxylation is 1. The minimum atomic E-state index is 0.144. The number of nitrogens with two attached hydrogens (primary N) is 1. The molecule has 0 radical (unpaired) electrons. The van der Waals surface area contributed by atoms with Gasteiger partial charge in [-0.3, -0.25) is 0 Å². The lowest BCUT2D eigenvalue weighted by atomic mass is 9.92. The number of hydrogen-bond acceptors (Lipinski definition) is 5. The van der Waals surface area contributed by atoms with E-state index in [4.69, 9.17) is 10.5 Å². The smallest absolute Gasteiger partial charge is 0.258 e. The van der Waals surface area contributed by atoms with E-state index in [1.54, 1.807) is 6.20 Å². The van der Waals surface area contributed by atoms with Crippen LogP contribution in [0.1, 0.15) is 36.5 Å². The predicted molar refractivity (Wildman–Crippen MR) is 99.5 cm³/mol. The van der Waals surface area contributed by atoms with Crippen LogP contribution in [0.2, 0.25) is 0 Å². The first-order valence-corrected chi connectivity index (χ1v) is 9.11. The van der Waals surface area contributed by atoms with Gasteiger partial charge >= 0.3 is 0 Å². The summed E-state index contributed by atoms with van der Waals surface area (Å²) in [6.07, 6.45) is 5.46. The molecule has 1 fully saturated rings. The fourth-order valence-electron chi connectivity index (χ4n) is 3.65. The maximum absolute atomic E-state index is 5.99. The van der Waals surface area contributed by atoms with Crippen molar-refractivity contribution in [3.63, 3.8) is 0 Å². The van der Waals surface area contributed by atoms with Gasteiger partial charge in [-0.1, -0.05) is 0 Å². The Labute approximate surface area is 149 Å². The lowest BCUT2D eigenvalue weighted by molar-refractivity contribution is 0.191. The average Bonchev–Trinajstić information content (AvgIpc) is 3.41. The predicted octanol–water partition coefficient (Wildman–Crippen LogP) is 3.20. The molecular weight excluding hydrogens is 312 g/mol. The highest BCUT2D eigenvalue weighted by Crippen LogP contribution is 2.36. The fourth-order valence-corrected chi connectivity index (χ4v) is 3.65. The Morgan fingerprint density at radius 1 is 1.32 bits per heavy atom. The van der Waals surface area contributed by atoms with Gasteiger partial charge in [-0.05, 0) is 74.9 Å². The van der Waals surface area contributed by atoms with Crippen molar-refractivity contribution in [3.05, 3.63) is 35.0 Å². The van der Waals surface area contributed by atoms with Crippen LogP contribution in [0, 0.1) is 12.8 Å². The van der Waals surface area contributed by atoms with Gasteiger partial charge in [0.25, 0.3) is 5.88 Å². The Bertz CT molecular complexity index is 801. The zero-order valence-electron chi connectivity index (χ0n) is 15.2. The van der Waals surface area contributed by atoms with E-state index >= 15 is 0 Å². The molecule has 1 atom stereocenters. The summed E-state index contributed by atoms with van der Waals surface area (Å²) in [5.74, 6) is 1.46. The summed E-state index contributed by atoms with van der Waals surface area (Å²) < 4.78 is 5.98. The van der Waals surface area contributed by atoms with Crippen LogP contribution >= 0.6 is 0 Å². The fraction of sp³-hybridized carbons (Fsp3) is 0.500. The minimum Gasteiger partial charge on any atom is -0.472 e. The van der Waals surface area contributed by atoms with E-state index in [2.05, 4.69) is 47.9 Å². The lowest BCUT2D eigenvalue weighted by Gasteiger charge is -2.27. The lowest BCUT2D eigenvalue weighted by Crippen LogP contribution is -2.27. The van der Waals surface area contributed by atoms with E-state index in [0.29, 0.717) is 17.6 Å². The number of aromatic nitrogens is 2. The summed E-state index contributed by atoms with van der Waals surface area (Å²) in [7, 11) is 2.17. The second kappa shape index (κ2) is 6.30. The van der Waals surface area contributed by atoms with Gasteiger partial charge in [0.15, 0.2) is 5.82 Å². The summed E-state index contributed by atoms with van der Waals surface area (Å²) in [6, 6.07) is 4.45. The molecule has 5 heteroatoms. The van der Waals surface area contributed by atoms with Crippen LogP contribution in [-0.4, -0.2) is 34.6 Å². The molecule has 0 spiro atoms. The van der Waals surface area contributed by atoms with Crippen molar-refractivity contribution in [2.75, 3.05) is 19.3 Å². The normalized spacial score (nSPS) is 18.7. The standard InChI is InChI=1S/C20H26N4O/c1-12-8-15(9-16-11-24(3)7-6-17(12)16)18-10-22-19(21)20(23-18)25-13(2)14-4-5-14/h8-10,13-14H,4-7,11H2,1-3H3,(H2,21,22). The van der Waals surface area contributed by atoms with Gasteiger partial charge in [-0.2, -0.15) is 0 Å². The number of anilines is 1. The molecule has 1 aliphatic heterocycles. The Balaban J connectivity index is 1.67. The largest absolute Gasteiger partial charge is 0.472 e. The Kier molecular flexibility index (Phi) is 4.12. The Morgan fingerprint density at radius 3 is 2.88 bits per heavy atom. The van der Waals surface area contributed by atoms with Gasteiger partial charge in [0.05, 0.1) is 11.9 Å². The number of fused-ring (bicyclic) bond motifs is 1. The van der Waals surface area contributed by atoms with E-state index in [-0.39, 0.29) is 6.10 Å². The number of rotatable bonds is 4. The van der Waals surface area contributed by atoms with Gasteiger partial charge in [0.1, 0.15) is 6.10 Å². The average molecular weight is 338 g/mol. The molecular formula is C20H26N4O. The molecule has 2 N–H and O–H groups in total. The Morgan fingerprint density at radius 2 is 2.12 bits per heavy atom. The van der Waals surface area contributed by atoms with E-state index in [0.717, 1.165) is 30.8 Å². The third-order valence-electron chi connectivity index (χ3n) is 5.40. The van der Waals surface area contributed by atoms with E-state index in [9.17, 15) is 0 Å². The van der Waals surface area contributed by atoms with E-state index in [1.807, 2.05) is 0 Å². The third kappa shape index (κ3) is 3.33. The van der Waals surface area contributed by atoms with Gasteiger partial charge in [-0.15, -0.1) is 0 Å². The molecule has 1 unspecified atom stereocenters. The second-order valence-electron chi connectivity index (χ2n) is 7.52. The monoisotopic (exact) mass is 338 g/mol. The molecule has 2 heterocycles. The van der Waals surface area contributed by atoms with Crippen LogP contribution in [0.15, 0.2) is 18.3 Å². The second-order valence-corrected chi connectivity index (χ2v) is 7.52. The Hall–Kier alpha value is -2.14. The van der Waals surface area contributed by atoms with Crippen LogP contribution < -0.4 is 10.5 Å². The van der Waals surface area contributed by atoms with Crippen LogP contribution in [0.3, 0.4) is 0 Å². The first-order chi connectivity index (χ1) is 12.0. The van der Waals surface area contributed by atoms with Gasteiger partial charge in [-0.25, -0.2) is 9.97 Å². The van der Waals surface area contributed by atoms with Gasteiger partial charge < -0.3 is 15.4 Å². The topological polar surface area (TPSA) is 64.3 Å². The maximum atomic E-state index is 5.99. The number of benzene rings is 1. The highest BCUT2D eigenvalue weighted by molar-refractivity contribution is 5.64. The number of likely N-dealkylation sites (N-methyl/N-ethyl adjacent to an activating group) is 1. The molecule has 1 aromatic carbocycles. The van der Waals surface area contributed by atoms with Crippen molar-refractivity contribution in [2.24, 2.45) is 5.92 Å². The highest BCUT2D eigenvalue weighted by Gasteiger charge is 2.30. The van der Waals surface area contributed by atoms with Gasteiger partial charge in [0, 0.05) is 18.7 Å². The van der Waals surface area contributed by atoms with Crippen molar-refractivity contribution in [2.45, 2.75) is 45.8 Å². The SMILES string of the molecule is Cc1cc(-c2cnc(N)c(OC(C)C3CC3)n2)cc2c1CCN(C)C2. The molecule has 0 saturated heterocycles. The first-order valence-electron chi connectivity index (χ1n) is 9.11. The van der Waals surface area contributed by atoms with Crippen molar-refractivity contribution in [1.29, 1.82) is 0 Å². The molecule has 2 aliphatic rings. The van der Waals surface area contributed by atoms with Crippen molar-refractivity contribution >= 4 is 5.82 Å². The molecule has 1 aromatic heterocycles. The summed E-state index contributed by atoms with van der Waals surface area (Å²) in [5.41, 5.74) is 12.1. The van der Waals surface area contributed by atoms with Crippen molar-refractivity contribution < 1.29 is 4.74 Å². The molecule has 0 amide bonds. The molecule has 0 bridgehead atoms. The molecule has 4 rings (SSSR count). The number of ether oxygens (including phenoxy) is 1. The molecule has 5 nitrogen and oxygen atoms in total.